The van der Waals surface area contributed by atoms with Crippen molar-refractivity contribution in [3.63, 3.8) is 0 Å². The lowest BCUT2D eigenvalue weighted by Gasteiger charge is -2.16. The highest BCUT2D eigenvalue weighted by Gasteiger charge is 2.17. The van der Waals surface area contributed by atoms with Crippen LogP contribution in [0, 0.1) is 6.92 Å². The van der Waals surface area contributed by atoms with Crippen molar-refractivity contribution < 1.29 is 13.2 Å². The Morgan fingerprint density at radius 1 is 1.33 bits per heavy atom. The number of hydrogen-bond acceptors (Lipinski definition) is 4. The third kappa shape index (κ3) is 5.60. The van der Waals surface area contributed by atoms with Crippen molar-refractivity contribution in [3.8, 4) is 5.75 Å². The Labute approximate surface area is 136 Å². The van der Waals surface area contributed by atoms with Crippen molar-refractivity contribution in [1.29, 1.82) is 0 Å². The third-order valence-electron chi connectivity index (χ3n) is 3.21. The molecule has 1 aromatic carbocycles. The molecule has 0 aliphatic heterocycles. The second kappa shape index (κ2) is 8.15. The smallest absolute Gasteiger partial charge is 0.155 e. The Hall–Kier alpha value is -0.590. The van der Waals surface area contributed by atoms with Crippen LogP contribution < -0.4 is 10.1 Å². The van der Waals surface area contributed by atoms with E-state index in [0.29, 0.717) is 6.54 Å². The first kappa shape index (κ1) is 18.5. The molecule has 0 atom stereocenters. The Morgan fingerprint density at radius 2 is 2.00 bits per heavy atom. The molecule has 1 aromatic rings. The van der Waals surface area contributed by atoms with Gasteiger partial charge in [-0.3, -0.25) is 0 Å². The second-order valence-electron chi connectivity index (χ2n) is 5.26. The van der Waals surface area contributed by atoms with Gasteiger partial charge in [-0.1, -0.05) is 22.9 Å². The van der Waals surface area contributed by atoms with Crippen LogP contribution in [0.4, 0.5) is 0 Å². The van der Waals surface area contributed by atoms with Gasteiger partial charge >= 0.3 is 0 Å². The first-order valence-electron chi connectivity index (χ1n) is 7.12. The van der Waals surface area contributed by atoms with Crippen LogP contribution in [0.25, 0.3) is 0 Å². The predicted octanol–water partition coefficient (Wildman–Crippen LogP) is 3.07. The van der Waals surface area contributed by atoms with Crippen LogP contribution in [0.15, 0.2) is 16.6 Å². The molecule has 4 nitrogen and oxygen atoms in total. The van der Waals surface area contributed by atoms with Gasteiger partial charge in [-0.05, 0) is 45.0 Å². The van der Waals surface area contributed by atoms with Crippen molar-refractivity contribution in [3.05, 3.63) is 27.7 Å². The number of halogens is 1. The summed E-state index contributed by atoms with van der Waals surface area (Å²) in [5.74, 6) is 0.819. The molecule has 0 spiro atoms. The Bertz CT molecular complexity index is 571. The first-order chi connectivity index (χ1) is 9.77. The van der Waals surface area contributed by atoms with E-state index in [9.17, 15) is 8.42 Å². The molecule has 21 heavy (non-hydrogen) atoms. The quantitative estimate of drug-likeness (QED) is 0.756. The first-order valence-corrected chi connectivity index (χ1v) is 9.63. The van der Waals surface area contributed by atoms with E-state index in [-0.39, 0.29) is 17.6 Å². The van der Waals surface area contributed by atoms with E-state index in [2.05, 4.69) is 21.2 Å². The number of aryl methyl sites for hydroxylation is 1. The molecule has 0 heterocycles. The molecule has 0 radical (unpaired) electrons. The SMILES string of the molecule is CCNCc1cc(Br)cc(C)c1OCCS(=O)(=O)C(C)C. The van der Waals surface area contributed by atoms with E-state index < -0.39 is 9.84 Å². The van der Waals surface area contributed by atoms with Gasteiger partial charge in [0, 0.05) is 16.6 Å². The topological polar surface area (TPSA) is 55.4 Å². The van der Waals surface area contributed by atoms with Gasteiger partial charge in [-0.15, -0.1) is 0 Å². The highest BCUT2D eigenvalue weighted by molar-refractivity contribution is 9.10. The van der Waals surface area contributed by atoms with E-state index in [4.69, 9.17) is 4.74 Å². The zero-order valence-corrected chi connectivity index (χ0v) is 15.5. The molecule has 0 saturated carbocycles. The molecule has 120 valence electrons. The van der Waals surface area contributed by atoms with Crippen molar-refractivity contribution in [2.75, 3.05) is 18.9 Å². The van der Waals surface area contributed by atoms with Gasteiger partial charge in [0.1, 0.15) is 12.4 Å². The minimum atomic E-state index is -3.07. The summed E-state index contributed by atoms with van der Waals surface area (Å²) in [5, 5.41) is 2.90. The highest BCUT2D eigenvalue weighted by Crippen LogP contribution is 2.28. The maximum Gasteiger partial charge on any atom is 0.155 e. The Kier molecular flexibility index (Phi) is 7.16. The van der Waals surface area contributed by atoms with Crippen molar-refractivity contribution >= 4 is 25.8 Å². The largest absolute Gasteiger partial charge is 0.492 e. The van der Waals surface area contributed by atoms with Crippen molar-refractivity contribution in [1.82, 2.24) is 5.32 Å². The van der Waals surface area contributed by atoms with E-state index in [1.807, 2.05) is 26.0 Å². The lowest BCUT2D eigenvalue weighted by Crippen LogP contribution is -2.22. The molecule has 0 saturated heterocycles. The number of benzene rings is 1. The molecule has 0 fully saturated rings. The second-order valence-corrected chi connectivity index (χ2v) is 8.85. The van der Waals surface area contributed by atoms with Crippen LogP contribution in [0.3, 0.4) is 0 Å². The molecule has 0 amide bonds. The summed E-state index contributed by atoms with van der Waals surface area (Å²) < 4.78 is 30.4. The van der Waals surface area contributed by atoms with E-state index in [1.165, 1.54) is 0 Å². The van der Waals surface area contributed by atoms with Crippen LogP contribution in [0.5, 0.6) is 5.75 Å². The number of ether oxygens (including phenoxy) is 1. The molecule has 1 rings (SSSR count). The van der Waals surface area contributed by atoms with E-state index in [1.54, 1.807) is 13.8 Å². The van der Waals surface area contributed by atoms with Crippen LogP contribution in [-0.2, 0) is 16.4 Å². The van der Waals surface area contributed by atoms with Gasteiger partial charge in [-0.25, -0.2) is 8.42 Å². The fourth-order valence-electron chi connectivity index (χ4n) is 1.89. The Balaban J connectivity index is 2.82. The summed E-state index contributed by atoms with van der Waals surface area (Å²) in [6, 6.07) is 3.98. The number of hydrogen-bond donors (Lipinski definition) is 1. The molecular weight excluding hydrogens is 354 g/mol. The van der Waals surface area contributed by atoms with E-state index in [0.717, 1.165) is 27.9 Å². The zero-order valence-electron chi connectivity index (χ0n) is 13.1. The summed E-state index contributed by atoms with van der Waals surface area (Å²) in [5.41, 5.74) is 2.03. The summed E-state index contributed by atoms with van der Waals surface area (Å²) in [7, 11) is -3.07. The lowest BCUT2D eigenvalue weighted by atomic mass is 10.1. The standard InChI is InChI=1S/C15H24BrNO3S/c1-5-17-10-13-9-14(16)8-12(4)15(13)20-6-7-21(18,19)11(2)3/h8-9,11,17H,5-7,10H2,1-4H3. The van der Waals surface area contributed by atoms with E-state index >= 15 is 0 Å². The zero-order chi connectivity index (χ0) is 16.0. The average Bonchev–Trinajstić information content (AvgIpc) is 2.38. The normalized spacial score (nSPS) is 11.9. The number of sulfone groups is 1. The summed E-state index contributed by atoms with van der Waals surface area (Å²) >= 11 is 3.48. The molecule has 1 N–H and O–H groups in total. The Morgan fingerprint density at radius 3 is 2.57 bits per heavy atom. The van der Waals surface area contributed by atoms with Gasteiger partial charge in [-0.2, -0.15) is 0 Å². The third-order valence-corrected chi connectivity index (χ3v) is 5.84. The number of rotatable bonds is 8. The van der Waals surface area contributed by atoms with Gasteiger partial charge in [0.05, 0.1) is 11.0 Å². The van der Waals surface area contributed by atoms with Gasteiger partial charge in [0.15, 0.2) is 9.84 Å². The molecule has 0 aliphatic rings. The van der Waals surface area contributed by atoms with Crippen molar-refractivity contribution in [2.45, 2.75) is 39.5 Å². The minimum absolute atomic E-state index is 0.0425. The minimum Gasteiger partial charge on any atom is -0.492 e. The molecule has 6 heteroatoms. The van der Waals surface area contributed by atoms with Crippen LogP contribution in [0.2, 0.25) is 0 Å². The molecule has 0 bridgehead atoms. The van der Waals surface area contributed by atoms with Crippen LogP contribution >= 0.6 is 15.9 Å². The average molecular weight is 378 g/mol. The predicted molar refractivity (Wildman–Crippen MR) is 90.7 cm³/mol. The summed E-state index contributed by atoms with van der Waals surface area (Å²) in [6.07, 6.45) is 0. The monoisotopic (exact) mass is 377 g/mol. The van der Waals surface area contributed by atoms with Gasteiger partial charge in [0.25, 0.3) is 0 Å². The van der Waals surface area contributed by atoms with Crippen LogP contribution in [-0.4, -0.2) is 32.6 Å². The molecule has 0 aliphatic carbocycles. The maximum absolute atomic E-state index is 11.8. The summed E-state index contributed by atoms with van der Waals surface area (Å²) in [4.78, 5) is 0. The fourth-order valence-corrected chi connectivity index (χ4v) is 3.30. The lowest BCUT2D eigenvalue weighted by molar-refractivity contribution is 0.333. The summed E-state index contributed by atoms with van der Waals surface area (Å²) in [6.45, 7) is 9.14. The maximum atomic E-state index is 11.8. The molecular formula is C15H24BrNO3S. The van der Waals surface area contributed by atoms with Gasteiger partial charge < -0.3 is 10.1 Å². The molecule has 0 aromatic heterocycles. The van der Waals surface area contributed by atoms with Crippen LogP contribution in [0.1, 0.15) is 31.9 Å². The number of nitrogens with one attached hydrogen (secondary N) is 1. The molecule has 0 unspecified atom stereocenters. The van der Waals surface area contributed by atoms with Gasteiger partial charge in [0.2, 0.25) is 0 Å². The fraction of sp³-hybridized carbons (Fsp3) is 0.600. The highest BCUT2D eigenvalue weighted by atomic mass is 79.9. The van der Waals surface area contributed by atoms with Crippen molar-refractivity contribution in [2.24, 2.45) is 0 Å².